The Morgan fingerprint density at radius 3 is 2.67 bits per heavy atom. The molecule has 0 amide bonds. The van der Waals surface area contributed by atoms with E-state index in [1.807, 2.05) is 0 Å². The first-order chi connectivity index (χ1) is 8.88. The topological polar surface area (TPSA) is 41.1 Å². The van der Waals surface area contributed by atoms with Gasteiger partial charge in [0.25, 0.3) is 0 Å². The van der Waals surface area contributed by atoms with Crippen LogP contribution in [0.4, 0.5) is 5.82 Å². The van der Waals surface area contributed by atoms with Crippen molar-refractivity contribution in [3.8, 4) is 0 Å². The van der Waals surface area contributed by atoms with Crippen molar-refractivity contribution in [2.24, 2.45) is 0 Å². The second-order valence-corrected chi connectivity index (χ2v) is 5.68. The first-order valence-corrected chi connectivity index (χ1v) is 8.00. The van der Waals surface area contributed by atoms with Crippen LogP contribution in [0.25, 0.3) is 0 Å². The average Bonchev–Trinajstić information content (AvgIpc) is 2.82. The molecule has 4 nitrogen and oxygen atoms in total. The number of aromatic nitrogens is 2. The zero-order valence-corrected chi connectivity index (χ0v) is 11.7. The van der Waals surface area contributed by atoms with Gasteiger partial charge in [0.05, 0.1) is 5.69 Å². The summed E-state index contributed by atoms with van der Waals surface area (Å²) in [6.45, 7) is 4.41. The summed E-state index contributed by atoms with van der Waals surface area (Å²) >= 11 is 1.65. The molecule has 18 heavy (non-hydrogen) atoms. The molecule has 1 N–H and O–H groups in total. The molecule has 3 rings (SSSR count). The summed E-state index contributed by atoms with van der Waals surface area (Å²) < 4.78 is 0. The average molecular weight is 264 g/mol. The zero-order valence-electron chi connectivity index (χ0n) is 10.9. The van der Waals surface area contributed by atoms with Crippen molar-refractivity contribution in [1.82, 2.24) is 15.3 Å². The Labute approximate surface area is 113 Å². The minimum Gasteiger partial charge on any atom is -0.356 e. The van der Waals surface area contributed by atoms with Crippen LogP contribution < -0.4 is 10.2 Å². The van der Waals surface area contributed by atoms with Gasteiger partial charge in [-0.3, -0.25) is 0 Å². The first kappa shape index (κ1) is 12.2. The minimum absolute atomic E-state index is 0.928. The van der Waals surface area contributed by atoms with Crippen molar-refractivity contribution < 1.29 is 0 Å². The standard InChI is InChI=1S/C13H20N4S/c1-18-13-15-11-5-7-14-6-4-10(11)12(16-13)17-8-2-3-9-17/h14H,2-9H2,1H3. The molecule has 0 aliphatic carbocycles. The van der Waals surface area contributed by atoms with E-state index in [1.54, 1.807) is 11.8 Å². The van der Waals surface area contributed by atoms with Gasteiger partial charge in [0.15, 0.2) is 5.16 Å². The lowest BCUT2D eigenvalue weighted by Gasteiger charge is -2.21. The molecule has 0 spiro atoms. The number of hydrogen-bond acceptors (Lipinski definition) is 5. The Morgan fingerprint density at radius 1 is 1.11 bits per heavy atom. The number of anilines is 1. The fourth-order valence-corrected chi connectivity index (χ4v) is 3.16. The summed E-state index contributed by atoms with van der Waals surface area (Å²) in [4.78, 5) is 11.9. The molecule has 5 heteroatoms. The summed E-state index contributed by atoms with van der Waals surface area (Å²) in [7, 11) is 0. The van der Waals surface area contributed by atoms with Gasteiger partial charge in [-0.05, 0) is 32.1 Å². The molecule has 1 aromatic heterocycles. The van der Waals surface area contributed by atoms with Crippen molar-refractivity contribution in [1.29, 1.82) is 0 Å². The van der Waals surface area contributed by atoms with Gasteiger partial charge in [0.2, 0.25) is 0 Å². The van der Waals surface area contributed by atoms with Crippen LogP contribution in [0.1, 0.15) is 24.1 Å². The monoisotopic (exact) mass is 264 g/mol. The van der Waals surface area contributed by atoms with E-state index in [0.29, 0.717) is 0 Å². The molecule has 0 saturated carbocycles. The molecule has 1 aromatic rings. The molecule has 1 saturated heterocycles. The van der Waals surface area contributed by atoms with Gasteiger partial charge in [-0.1, -0.05) is 11.8 Å². The fourth-order valence-electron chi connectivity index (χ4n) is 2.78. The predicted molar refractivity (Wildman–Crippen MR) is 75.5 cm³/mol. The van der Waals surface area contributed by atoms with Gasteiger partial charge in [-0.25, -0.2) is 9.97 Å². The Kier molecular flexibility index (Phi) is 3.70. The zero-order chi connectivity index (χ0) is 12.4. The van der Waals surface area contributed by atoms with Gasteiger partial charge in [0.1, 0.15) is 5.82 Å². The summed E-state index contributed by atoms with van der Waals surface area (Å²) in [5, 5.41) is 4.38. The van der Waals surface area contributed by atoms with E-state index >= 15 is 0 Å². The molecule has 0 unspecified atom stereocenters. The third kappa shape index (κ3) is 2.34. The Morgan fingerprint density at radius 2 is 1.89 bits per heavy atom. The van der Waals surface area contributed by atoms with E-state index in [2.05, 4.69) is 16.5 Å². The van der Waals surface area contributed by atoms with E-state index in [1.165, 1.54) is 29.9 Å². The second-order valence-electron chi connectivity index (χ2n) is 4.90. The smallest absolute Gasteiger partial charge is 0.189 e. The number of rotatable bonds is 2. The molecule has 2 aliphatic heterocycles. The lowest BCUT2D eigenvalue weighted by atomic mass is 10.1. The maximum Gasteiger partial charge on any atom is 0.189 e. The van der Waals surface area contributed by atoms with Crippen LogP contribution in [0.2, 0.25) is 0 Å². The van der Waals surface area contributed by atoms with Crippen LogP contribution in [0.15, 0.2) is 5.16 Å². The maximum absolute atomic E-state index is 4.78. The van der Waals surface area contributed by atoms with E-state index in [4.69, 9.17) is 9.97 Å². The number of nitrogens with one attached hydrogen (secondary N) is 1. The molecular weight excluding hydrogens is 244 g/mol. The molecule has 98 valence electrons. The van der Waals surface area contributed by atoms with Gasteiger partial charge >= 0.3 is 0 Å². The second kappa shape index (κ2) is 5.45. The highest BCUT2D eigenvalue weighted by Crippen LogP contribution is 2.28. The molecule has 3 heterocycles. The van der Waals surface area contributed by atoms with E-state index in [0.717, 1.165) is 44.2 Å². The molecule has 0 atom stereocenters. The number of fused-ring (bicyclic) bond motifs is 1. The van der Waals surface area contributed by atoms with Crippen LogP contribution in [-0.4, -0.2) is 42.4 Å². The number of nitrogens with zero attached hydrogens (tertiary/aromatic N) is 3. The highest BCUT2D eigenvalue weighted by molar-refractivity contribution is 7.98. The van der Waals surface area contributed by atoms with E-state index in [9.17, 15) is 0 Å². The molecule has 1 fully saturated rings. The lowest BCUT2D eigenvalue weighted by Crippen LogP contribution is -2.22. The molecule has 0 aromatic carbocycles. The van der Waals surface area contributed by atoms with Gasteiger partial charge < -0.3 is 10.2 Å². The van der Waals surface area contributed by atoms with Crippen molar-refractivity contribution in [3.05, 3.63) is 11.3 Å². The third-order valence-electron chi connectivity index (χ3n) is 3.73. The molecule has 0 bridgehead atoms. The van der Waals surface area contributed by atoms with Crippen LogP contribution >= 0.6 is 11.8 Å². The first-order valence-electron chi connectivity index (χ1n) is 6.78. The molecule has 2 aliphatic rings. The van der Waals surface area contributed by atoms with Crippen LogP contribution in [0, 0.1) is 0 Å². The predicted octanol–water partition coefficient (Wildman–Crippen LogP) is 1.49. The normalized spacial score (nSPS) is 19.7. The van der Waals surface area contributed by atoms with Gasteiger partial charge in [-0.15, -0.1) is 0 Å². The molecule has 0 radical (unpaired) electrons. The van der Waals surface area contributed by atoms with E-state index < -0.39 is 0 Å². The van der Waals surface area contributed by atoms with Crippen LogP contribution in [0.5, 0.6) is 0 Å². The van der Waals surface area contributed by atoms with Crippen molar-refractivity contribution in [3.63, 3.8) is 0 Å². The van der Waals surface area contributed by atoms with Gasteiger partial charge in [0, 0.05) is 31.6 Å². The Bertz CT molecular complexity index is 429. The summed E-state index contributed by atoms with van der Waals surface area (Å²) in [5.74, 6) is 1.21. The van der Waals surface area contributed by atoms with Crippen LogP contribution in [-0.2, 0) is 12.8 Å². The Hall–Kier alpha value is -0.810. The maximum atomic E-state index is 4.78. The van der Waals surface area contributed by atoms with Crippen molar-refractivity contribution >= 4 is 17.6 Å². The fraction of sp³-hybridized carbons (Fsp3) is 0.692. The highest BCUT2D eigenvalue weighted by Gasteiger charge is 2.22. The van der Waals surface area contributed by atoms with Gasteiger partial charge in [-0.2, -0.15) is 0 Å². The number of hydrogen-bond donors (Lipinski definition) is 1. The summed E-state index contributed by atoms with van der Waals surface area (Å²) in [6, 6.07) is 0. The minimum atomic E-state index is 0.928. The third-order valence-corrected chi connectivity index (χ3v) is 4.28. The molecular formula is C13H20N4S. The highest BCUT2D eigenvalue weighted by atomic mass is 32.2. The SMILES string of the molecule is CSc1nc2c(c(N3CCCC3)n1)CCNCC2. The summed E-state index contributed by atoms with van der Waals surface area (Å²) in [5.41, 5.74) is 2.65. The van der Waals surface area contributed by atoms with Crippen LogP contribution in [0.3, 0.4) is 0 Å². The van der Waals surface area contributed by atoms with E-state index in [-0.39, 0.29) is 0 Å². The van der Waals surface area contributed by atoms with Crippen molar-refractivity contribution in [2.75, 3.05) is 37.3 Å². The Balaban J connectivity index is 2.03. The summed E-state index contributed by atoms with van der Waals surface area (Å²) in [6.07, 6.45) is 6.75. The van der Waals surface area contributed by atoms with Crippen molar-refractivity contribution in [2.45, 2.75) is 30.8 Å². The largest absolute Gasteiger partial charge is 0.356 e. The quantitative estimate of drug-likeness (QED) is 0.647. The number of thioether (sulfide) groups is 1. The lowest BCUT2D eigenvalue weighted by molar-refractivity contribution is 0.707.